The molecule has 2 heterocycles. The van der Waals surface area contributed by atoms with Crippen molar-refractivity contribution in [3.63, 3.8) is 0 Å². The normalized spacial score (nSPS) is 21.0. The number of rotatable bonds is 5. The van der Waals surface area contributed by atoms with Crippen LogP contribution in [0, 0.1) is 0 Å². The molecule has 1 fully saturated rings. The quantitative estimate of drug-likeness (QED) is 0.340. The van der Waals surface area contributed by atoms with Crippen LogP contribution < -0.4 is 15.2 Å². The Balaban J connectivity index is 1.45. The number of alkyl halides is 3. The summed E-state index contributed by atoms with van der Waals surface area (Å²) in [5, 5.41) is 2.82. The second-order valence-electron chi connectivity index (χ2n) is 8.62. The highest BCUT2D eigenvalue weighted by Gasteiger charge is 2.37. The van der Waals surface area contributed by atoms with Gasteiger partial charge in [0.2, 0.25) is 10.0 Å². The Kier molecular flexibility index (Phi) is 6.80. The summed E-state index contributed by atoms with van der Waals surface area (Å²) in [7, 11) is -4.13. The SMILES string of the molecule is N[C@H]1[C@H](NS(=O)(=O)c2ccc(OC(F)(F)F)cc2)COC[C@@H]1n1c2ccc(Cl)cc2c2cc(Cl)ccc21. The van der Waals surface area contributed by atoms with Gasteiger partial charge in [0.15, 0.2) is 0 Å². The van der Waals surface area contributed by atoms with E-state index in [1.165, 1.54) is 0 Å². The van der Waals surface area contributed by atoms with Crippen molar-refractivity contribution in [1.29, 1.82) is 0 Å². The first kappa shape index (κ1) is 26.1. The van der Waals surface area contributed by atoms with Crippen LogP contribution in [0.5, 0.6) is 5.75 Å². The van der Waals surface area contributed by atoms with Crippen molar-refractivity contribution >= 4 is 55.0 Å². The molecule has 1 aliphatic heterocycles. The van der Waals surface area contributed by atoms with Gasteiger partial charge in [0.05, 0.1) is 30.2 Å². The second-order valence-corrected chi connectivity index (χ2v) is 11.2. The number of nitrogens with two attached hydrogens (primary N) is 1. The molecule has 0 bridgehead atoms. The molecular formula is C24H20Cl2F3N3O4S. The molecule has 3 aromatic carbocycles. The Labute approximate surface area is 219 Å². The Morgan fingerprint density at radius 3 is 2.05 bits per heavy atom. The Morgan fingerprint density at radius 2 is 1.51 bits per heavy atom. The predicted molar refractivity (Wildman–Crippen MR) is 135 cm³/mol. The first-order valence-corrected chi connectivity index (χ1v) is 13.3. The van der Waals surface area contributed by atoms with Crippen LogP contribution in [0.1, 0.15) is 6.04 Å². The molecule has 4 aromatic rings. The van der Waals surface area contributed by atoms with Gasteiger partial charge in [-0.1, -0.05) is 23.2 Å². The fourth-order valence-electron chi connectivity index (χ4n) is 4.61. The number of ether oxygens (including phenoxy) is 2. The van der Waals surface area contributed by atoms with Crippen molar-refractivity contribution in [2.75, 3.05) is 13.2 Å². The third-order valence-corrected chi connectivity index (χ3v) is 8.20. The summed E-state index contributed by atoms with van der Waals surface area (Å²) in [6.45, 7) is 0.244. The average molecular weight is 574 g/mol. The first-order chi connectivity index (χ1) is 17.4. The smallest absolute Gasteiger partial charge is 0.406 e. The molecule has 0 saturated carbocycles. The lowest BCUT2D eigenvalue weighted by Gasteiger charge is -2.37. The van der Waals surface area contributed by atoms with Gasteiger partial charge in [-0.25, -0.2) is 13.1 Å². The fraction of sp³-hybridized carbons (Fsp3) is 0.250. The van der Waals surface area contributed by atoms with Gasteiger partial charge in [-0.15, -0.1) is 13.2 Å². The van der Waals surface area contributed by atoms with E-state index in [9.17, 15) is 21.6 Å². The number of halogens is 5. The summed E-state index contributed by atoms with van der Waals surface area (Å²) in [6, 6.07) is 12.8. The van der Waals surface area contributed by atoms with Gasteiger partial charge < -0.3 is 19.8 Å². The maximum Gasteiger partial charge on any atom is 0.573 e. The molecule has 13 heteroatoms. The van der Waals surface area contributed by atoms with Crippen molar-refractivity contribution in [3.05, 3.63) is 70.7 Å². The maximum atomic E-state index is 13.0. The fourth-order valence-corrected chi connectivity index (χ4v) is 6.21. The van der Waals surface area contributed by atoms with Crippen LogP contribution in [-0.4, -0.2) is 44.6 Å². The van der Waals surface area contributed by atoms with Gasteiger partial charge >= 0.3 is 6.36 Å². The molecule has 3 N–H and O–H groups in total. The number of nitrogens with one attached hydrogen (secondary N) is 1. The Hall–Kier alpha value is -2.54. The van der Waals surface area contributed by atoms with Gasteiger partial charge in [0.25, 0.3) is 0 Å². The number of fused-ring (bicyclic) bond motifs is 3. The lowest BCUT2D eigenvalue weighted by molar-refractivity contribution is -0.274. The molecule has 1 saturated heterocycles. The maximum absolute atomic E-state index is 13.0. The minimum Gasteiger partial charge on any atom is -0.406 e. The molecule has 0 unspecified atom stereocenters. The van der Waals surface area contributed by atoms with E-state index >= 15 is 0 Å². The highest BCUT2D eigenvalue weighted by Crippen LogP contribution is 2.37. The van der Waals surface area contributed by atoms with Crippen molar-refractivity contribution in [3.8, 4) is 5.75 Å². The van der Waals surface area contributed by atoms with Crippen LogP contribution in [-0.2, 0) is 14.8 Å². The zero-order valence-electron chi connectivity index (χ0n) is 18.9. The molecule has 0 amide bonds. The lowest BCUT2D eigenvalue weighted by Crippen LogP contribution is -2.57. The molecular weight excluding hydrogens is 554 g/mol. The zero-order valence-corrected chi connectivity index (χ0v) is 21.2. The Bertz CT molecular complexity index is 1520. The minimum atomic E-state index is -4.89. The largest absolute Gasteiger partial charge is 0.573 e. The van der Waals surface area contributed by atoms with E-state index in [4.69, 9.17) is 33.7 Å². The van der Waals surface area contributed by atoms with Gasteiger partial charge in [-0.2, -0.15) is 0 Å². The highest BCUT2D eigenvalue weighted by atomic mass is 35.5. The van der Waals surface area contributed by atoms with E-state index in [1.807, 2.05) is 28.8 Å². The number of hydrogen-bond acceptors (Lipinski definition) is 5. The highest BCUT2D eigenvalue weighted by molar-refractivity contribution is 7.89. The molecule has 7 nitrogen and oxygen atoms in total. The average Bonchev–Trinajstić information content (AvgIpc) is 3.12. The molecule has 3 atom stereocenters. The number of benzene rings is 3. The third kappa shape index (κ3) is 5.25. The van der Waals surface area contributed by atoms with Crippen molar-refractivity contribution in [1.82, 2.24) is 9.29 Å². The summed E-state index contributed by atoms with van der Waals surface area (Å²) in [5.41, 5.74) is 8.27. The van der Waals surface area contributed by atoms with Crippen LogP contribution in [0.3, 0.4) is 0 Å². The van der Waals surface area contributed by atoms with Crippen LogP contribution in [0.25, 0.3) is 21.8 Å². The number of aromatic nitrogens is 1. The summed E-state index contributed by atoms with van der Waals surface area (Å²) < 4.78 is 77.4. The molecule has 37 heavy (non-hydrogen) atoms. The second kappa shape index (κ2) is 9.64. The van der Waals surface area contributed by atoms with E-state index in [2.05, 4.69) is 9.46 Å². The van der Waals surface area contributed by atoms with Crippen LogP contribution in [0.4, 0.5) is 13.2 Å². The van der Waals surface area contributed by atoms with E-state index < -0.39 is 40.3 Å². The van der Waals surface area contributed by atoms with Gasteiger partial charge in [-0.05, 0) is 60.7 Å². The standard InChI is InChI=1S/C24H20Cl2F3N3O4S/c25-13-1-7-20-17(9-13)18-10-14(26)2-8-21(18)32(20)22-12-35-11-19(23(22)30)31-37(33,34)16-5-3-15(4-6-16)36-24(27,28)29/h1-10,19,22-23,31H,11-12,30H2/t19-,22+,23+/m1/s1. The number of sulfonamides is 1. The van der Waals surface area contributed by atoms with E-state index in [0.717, 1.165) is 46.1 Å². The molecule has 0 spiro atoms. The molecule has 196 valence electrons. The van der Waals surface area contributed by atoms with Crippen LogP contribution in [0.2, 0.25) is 10.0 Å². The van der Waals surface area contributed by atoms with Crippen molar-refractivity contribution in [2.24, 2.45) is 5.73 Å². The lowest BCUT2D eigenvalue weighted by atomic mass is 9.99. The summed E-state index contributed by atoms with van der Waals surface area (Å²) in [4.78, 5) is -0.238. The number of hydrogen-bond donors (Lipinski definition) is 2. The molecule has 1 aromatic heterocycles. The van der Waals surface area contributed by atoms with Gasteiger partial charge in [-0.3, -0.25) is 0 Å². The van der Waals surface area contributed by atoms with Crippen molar-refractivity contribution in [2.45, 2.75) is 29.4 Å². The van der Waals surface area contributed by atoms with E-state index in [1.54, 1.807) is 12.1 Å². The van der Waals surface area contributed by atoms with E-state index in [-0.39, 0.29) is 18.1 Å². The number of nitrogens with zero attached hydrogens (tertiary/aromatic N) is 1. The Morgan fingerprint density at radius 1 is 0.946 bits per heavy atom. The third-order valence-electron chi connectivity index (χ3n) is 6.23. The monoisotopic (exact) mass is 573 g/mol. The molecule has 1 aliphatic rings. The first-order valence-electron chi connectivity index (χ1n) is 11.0. The molecule has 0 aliphatic carbocycles. The summed E-state index contributed by atoms with van der Waals surface area (Å²) in [5.74, 6) is -0.532. The van der Waals surface area contributed by atoms with E-state index in [0.29, 0.717) is 10.0 Å². The predicted octanol–water partition coefficient (Wildman–Crippen LogP) is 5.25. The summed E-state index contributed by atoms with van der Waals surface area (Å²) >= 11 is 12.5. The molecule has 5 rings (SSSR count). The summed E-state index contributed by atoms with van der Waals surface area (Å²) in [6.07, 6.45) is -4.89. The van der Waals surface area contributed by atoms with Gasteiger partial charge in [0.1, 0.15) is 5.75 Å². The zero-order chi connectivity index (χ0) is 26.5. The van der Waals surface area contributed by atoms with Gasteiger partial charge in [0, 0.05) is 37.9 Å². The molecule has 0 radical (unpaired) electrons. The van der Waals surface area contributed by atoms with Crippen LogP contribution in [0.15, 0.2) is 65.6 Å². The van der Waals surface area contributed by atoms with Crippen LogP contribution >= 0.6 is 23.2 Å². The minimum absolute atomic E-state index is 0.0148. The topological polar surface area (TPSA) is 95.6 Å². The van der Waals surface area contributed by atoms with Crippen molar-refractivity contribution < 1.29 is 31.1 Å².